The van der Waals surface area contributed by atoms with Crippen LogP contribution in [0.15, 0.2) is 0 Å². The molecule has 32 heavy (non-hydrogen) atoms. The van der Waals surface area contributed by atoms with Gasteiger partial charge in [-0.25, -0.2) is 19.2 Å². The molecule has 196 valence electrons. The molecule has 2 saturated carbocycles. The van der Waals surface area contributed by atoms with Crippen LogP contribution in [0.1, 0.15) is 51.4 Å². The molecule has 2 aliphatic rings. The summed E-state index contributed by atoms with van der Waals surface area (Å²) in [4.78, 5) is 36.4. The molecule has 12 nitrogen and oxygen atoms in total. The number of hydrogen-bond acceptors (Lipinski definition) is 4. The van der Waals surface area contributed by atoms with Gasteiger partial charge in [0, 0.05) is 0 Å². The molecule has 0 aromatic rings. The molecule has 0 aliphatic heterocycles. The quantitative estimate of drug-likeness (QED) is 0.205. The van der Waals surface area contributed by atoms with Crippen molar-refractivity contribution in [2.75, 3.05) is 0 Å². The van der Waals surface area contributed by atoms with Crippen molar-refractivity contribution < 1.29 is 92.7 Å². The smallest absolute Gasteiger partial charge is 0.677 e. The van der Waals surface area contributed by atoms with Crippen LogP contribution in [-0.2, 0) is 61.3 Å². The number of rotatable bonds is 0. The summed E-state index contributed by atoms with van der Waals surface area (Å²) in [6, 6.07) is 0.285. The Balaban J connectivity index is -0.0000000683. The van der Waals surface area contributed by atoms with Crippen molar-refractivity contribution >= 4 is 23.9 Å². The molecule has 2 rings (SSSR count). The monoisotopic (exact) mass is 828 g/mol. The second-order valence-electron chi connectivity index (χ2n) is 6.52. The topological polar surface area (TPSA) is 260 Å². The Labute approximate surface area is 216 Å². The van der Waals surface area contributed by atoms with Crippen molar-refractivity contribution in [1.82, 2.24) is 0 Å². The first-order valence-corrected chi connectivity index (χ1v) is 8.90. The number of carbonyl (C=O) groups is 4. The van der Waals surface area contributed by atoms with E-state index in [4.69, 9.17) is 51.1 Å². The standard InChI is InChI=1S/2C7H13N.2C2H2O4.2H2O.2Pt/c2*1-6-4-2-3-5-7(6)8;2*3-1(4)2(5)6;;;;/h2*6-8H,1-5H2;2*(H,3,4)(H,5,6);2*1H2;;/q2*-2;;;;;2*+2/t2*6-,7-;;;;;;/m11....../s1. The van der Waals surface area contributed by atoms with Crippen LogP contribution in [-0.4, -0.2) is 67.3 Å². The van der Waals surface area contributed by atoms with Crippen molar-refractivity contribution in [2.45, 2.75) is 63.5 Å². The van der Waals surface area contributed by atoms with Crippen LogP contribution in [0, 0.1) is 25.7 Å². The summed E-state index contributed by atoms with van der Waals surface area (Å²) in [5, 5.41) is 29.6. The number of carboxylic acids is 4. The molecule has 0 radical (unpaired) electrons. The first-order chi connectivity index (χ1) is 12.9. The van der Waals surface area contributed by atoms with Gasteiger partial charge in [0.1, 0.15) is 0 Å². The van der Waals surface area contributed by atoms with Crippen molar-refractivity contribution in [3.8, 4) is 0 Å². The third-order valence-electron chi connectivity index (χ3n) is 4.18. The first kappa shape index (κ1) is 44.7. The predicted molar refractivity (Wildman–Crippen MR) is 109 cm³/mol. The summed E-state index contributed by atoms with van der Waals surface area (Å²) in [5.41, 5.74) is 14.8. The van der Waals surface area contributed by atoms with E-state index in [1.54, 1.807) is 0 Å². The van der Waals surface area contributed by atoms with Crippen LogP contribution in [0.3, 0.4) is 0 Å². The zero-order chi connectivity index (χ0) is 22.3. The largest absolute Gasteiger partial charge is 2.00 e. The Bertz CT molecular complexity index is 424. The van der Waals surface area contributed by atoms with Gasteiger partial charge in [-0.1, -0.05) is 51.4 Å². The van der Waals surface area contributed by atoms with E-state index in [2.05, 4.69) is 13.8 Å². The van der Waals surface area contributed by atoms with Gasteiger partial charge in [-0.2, -0.15) is 23.9 Å². The fourth-order valence-electron chi connectivity index (χ4n) is 2.42. The molecule has 0 saturated heterocycles. The summed E-state index contributed by atoms with van der Waals surface area (Å²) in [6.45, 7) is 7.78. The van der Waals surface area contributed by atoms with E-state index in [0.29, 0.717) is 11.8 Å². The minimum absolute atomic E-state index is 0. The van der Waals surface area contributed by atoms with E-state index in [-0.39, 0.29) is 65.2 Å². The summed E-state index contributed by atoms with van der Waals surface area (Å²) >= 11 is 0. The molecule has 4 atom stereocenters. The minimum Gasteiger partial charge on any atom is -0.677 e. The Morgan fingerprint density at radius 3 is 0.844 bits per heavy atom. The maximum atomic E-state index is 9.10. The fourth-order valence-corrected chi connectivity index (χ4v) is 2.42. The minimum atomic E-state index is -1.82. The van der Waals surface area contributed by atoms with Crippen LogP contribution in [0.5, 0.6) is 0 Å². The van der Waals surface area contributed by atoms with Gasteiger partial charge < -0.3 is 56.7 Å². The average molecular weight is 829 g/mol. The van der Waals surface area contributed by atoms with Crippen molar-refractivity contribution in [2.24, 2.45) is 11.8 Å². The molecule has 0 amide bonds. The van der Waals surface area contributed by atoms with Gasteiger partial charge in [-0.15, -0.1) is 0 Å². The third-order valence-corrected chi connectivity index (χ3v) is 4.18. The molecule has 0 aromatic carbocycles. The number of carboxylic acid groups (broad SMARTS) is 4. The van der Waals surface area contributed by atoms with E-state index in [1.165, 1.54) is 38.5 Å². The molecular weight excluding hydrogens is 794 g/mol. The molecule has 0 aromatic heterocycles. The van der Waals surface area contributed by atoms with Gasteiger partial charge >= 0.3 is 66.0 Å². The van der Waals surface area contributed by atoms with Crippen LogP contribution >= 0.6 is 0 Å². The van der Waals surface area contributed by atoms with Gasteiger partial charge in [-0.05, 0) is 0 Å². The van der Waals surface area contributed by atoms with Crippen LogP contribution < -0.4 is 0 Å². The van der Waals surface area contributed by atoms with E-state index in [0.717, 1.165) is 12.8 Å². The molecule has 0 bridgehead atoms. The Kier molecular flexibility index (Phi) is 36.8. The Morgan fingerprint density at radius 2 is 0.750 bits per heavy atom. The average Bonchev–Trinajstić information content (AvgIpc) is 2.61. The summed E-state index contributed by atoms with van der Waals surface area (Å²) in [5.74, 6) is -6.46. The van der Waals surface area contributed by atoms with Crippen molar-refractivity contribution in [3.63, 3.8) is 0 Å². The van der Waals surface area contributed by atoms with Gasteiger partial charge in [0.15, 0.2) is 0 Å². The first-order valence-electron chi connectivity index (χ1n) is 8.90. The summed E-state index contributed by atoms with van der Waals surface area (Å²) in [7, 11) is 0. The molecule has 0 heterocycles. The Hall–Kier alpha value is -0.903. The van der Waals surface area contributed by atoms with Gasteiger partial charge in [-0.3, -0.25) is 0 Å². The van der Waals surface area contributed by atoms with Crippen LogP contribution in [0.2, 0.25) is 0 Å². The van der Waals surface area contributed by atoms with Gasteiger partial charge in [0.2, 0.25) is 0 Å². The second kappa shape index (κ2) is 26.3. The van der Waals surface area contributed by atoms with E-state index in [1.807, 2.05) is 0 Å². The molecule has 10 N–H and O–H groups in total. The number of hydrogen-bond donors (Lipinski definition) is 4. The fraction of sp³-hybridized carbons (Fsp3) is 0.667. The molecule has 14 heteroatoms. The zero-order valence-corrected chi connectivity index (χ0v) is 22.0. The molecule has 0 unspecified atom stereocenters. The molecule has 2 fully saturated rings. The van der Waals surface area contributed by atoms with E-state index in [9.17, 15) is 0 Å². The zero-order valence-electron chi connectivity index (χ0n) is 17.4. The number of nitrogens with one attached hydrogen (secondary N) is 2. The van der Waals surface area contributed by atoms with E-state index >= 15 is 0 Å². The Morgan fingerprint density at radius 1 is 0.562 bits per heavy atom. The summed E-state index contributed by atoms with van der Waals surface area (Å²) < 4.78 is 0. The van der Waals surface area contributed by atoms with Gasteiger partial charge in [0.05, 0.1) is 0 Å². The second-order valence-corrected chi connectivity index (χ2v) is 6.52. The summed E-state index contributed by atoms with van der Waals surface area (Å²) in [6.07, 6.45) is 9.60. The molecule has 2 aliphatic carbocycles. The number of aliphatic carboxylic acids is 4. The maximum absolute atomic E-state index is 9.10. The van der Waals surface area contributed by atoms with Crippen molar-refractivity contribution in [1.29, 1.82) is 0 Å². The molecule has 0 spiro atoms. The maximum Gasteiger partial charge on any atom is 2.00 e. The third kappa shape index (κ3) is 27.1. The van der Waals surface area contributed by atoms with Crippen LogP contribution in [0.4, 0.5) is 0 Å². The van der Waals surface area contributed by atoms with Crippen LogP contribution in [0.25, 0.3) is 11.5 Å². The normalized spacial score (nSPS) is 22.6. The SMILES string of the molecule is O.O.O=C(O)C(=O)O.O=C(O)C(=O)O.[CH2-][C@@H]1CCCC[C@H]1[NH-].[CH2-][C@@H]1CCCC[C@H]1[NH-].[Pt+2].[Pt+2]. The van der Waals surface area contributed by atoms with Gasteiger partial charge in [0.25, 0.3) is 0 Å². The van der Waals surface area contributed by atoms with Crippen molar-refractivity contribution in [3.05, 3.63) is 25.3 Å². The molecular formula is C18H34N2O10Pt2. The van der Waals surface area contributed by atoms with E-state index < -0.39 is 23.9 Å². The predicted octanol–water partition coefficient (Wildman–Crippen LogP) is 1.52.